The summed E-state index contributed by atoms with van der Waals surface area (Å²) in [5, 5.41) is 0. The van der Waals surface area contributed by atoms with Crippen LogP contribution in [0.5, 0.6) is 0 Å². The van der Waals surface area contributed by atoms with Gasteiger partial charge in [-0.25, -0.2) is 4.39 Å². The molecule has 0 radical (unpaired) electrons. The van der Waals surface area contributed by atoms with Gasteiger partial charge in [-0.1, -0.05) is 19.8 Å². The molecule has 0 saturated heterocycles. The Bertz CT molecular complexity index is 86.2. The largest absolute Gasteiger partial charge is 0.419 e. The average molecular weight is 158 g/mol. The van der Waals surface area contributed by atoms with Gasteiger partial charge in [-0.2, -0.15) is 13.2 Å². The zero-order chi connectivity index (χ0) is 8.20. The van der Waals surface area contributed by atoms with Crippen molar-refractivity contribution in [3.63, 3.8) is 0 Å². The molecule has 0 aromatic heterocycles. The van der Waals surface area contributed by atoms with Gasteiger partial charge in [0.15, 0.2) is 6.17 Å². The molecule has 0 N–H and O–H groups in total. The summed E-state index contributed by atoms with van der Waals surface area (Å²) >= 11 is 0. The minimum atomic E-state index is -4.66. The van der Waals surface area contributed by atoms with Crippen LogP contribution in [-0.2, 0) is 0 Å². The number of unbranched alkanes of at least 4 members (excludes halogenated alkanes) is 1. The van der Waals surface area contributed by atoms with Crippen LogP contribution in [-0.4, -0.2) is 12.3 Å². The molecule has 1 atom stereocenters. The summed E-state index contributed by atoms with van der Waals surface area (Å²) in [6, 6.07) is 0. The molecule has 0 nitrogen and oxygen atoms in total. The molecule has 0 fully saturated rings. The van der Waals surface area contributed by atoms with Gasteiger partial charge in [-0.3, -0.25) is 0 Å². The zero-order valence-corrected chi connectivity index (χ0v) is 5.71. The SMILES string of the molecule is CCCCC(F)C(F)(F)F. The average Bonchev–Trinajstić information content (AvgIpc) is 1.80. The quantitative estimate of drug-likeness (QED) is 0.553. The normalized spacial score (nSPS) is 15.3. The highest BCUT2D eigenvalue weighted by Gasteiger charge is 2.39. The minimum Gasteiger partial charge on any atom is -0.237 e. The summed E-state index contributed by atoms with van der Waals surface area (Å²) in [7, 11) is 0. The first-order valence-corrected chi connectivity index (χ1v) is 3.19. The van der Waals surface area contributed by atoms with Crippen molar-refractivity contribution >= 4 is 0 Å². The topological polar surface area (TPSA) is 0 Å². The third-order valence-electron chi connectivity index (χ3n) is 1.17. The Kier molecular flexibility index (Phi) is 3.68. The summed E-state index contributed by atoms with van der Waals surface area (Å²) < 4.78 is 46.2. The predicted octanol–water partition coefficient (Wildman–Crippen LogP) is 3.08. The first kappa shape index (κ1) is 9.72. The summed E-state index contributed by atoms with van der Waals surface area (Å²) in [5.41, 5.74) is 0. The van der Waals surface area contributed by atoms with Crippen LogP contribution >= 0.6 is 0 Å². The second-order valence-electron chi connectivity index (χ2n) is 2.15. The van der Waals surface area contributed by atoms with Crippen molar-refractivity contribution in [1.82, 2.24) is 0 Å². The van der Waals surface area contributed by atoms with Crippen LogP contribution in [0.2, 0.25) is 0 Å². The standard InChI is InChI=1S/C6H10F4/c1-2-3-4-5(7)6(8,9)10/h5H,2-4H2,1H3. The number of rotatable bonds is 3. The Morgan fingerprint density at radius 1 is 1.30 bits per heavy atom. The van der Waals surface area contributed by atoms with Crippen molar-refractivity contribution in [1.29, 1.82) is 0 Å². The lowest BCUT2D eigenvalue weighted by Crippen LogP contribution is -2.23. The van der Waals surface area contributed by atoms with Crippen LogP contribution in [0.15, 0.2) is 0 Å². The molecule has 10 heavy (non-hydrogen) atoms. The molecule has 0 heterocycles. The second-order valence-corrected chi connectivity index (χ2v) is 2.15. The van der Waals surface area contributed by atoms with Gasteiger partial charge in [0, 0.05) is 0 Å². The van der Waals surface area contributed by atoms with Crippen LogP contribution in [0, 0.1) is 0 Å². The molecule has 4 heteroatoms. The first-order valence-electron chi connectivity index (χ1n) is 3.19. The van der Waals surface area contributed by atoms with Crippen molar-refractivity contribution in [3.05, 3.63) is 0 Å². The highest BCUT2D eigenvalue weighted by atomic mass is 19.4. The Morgan fingerprint density at radius 2 is 1.80 bits per heavy atom. The molecule has 1 unspecified atom stereocenters. The van der Waals surface area contributed by atoms with E-state index >= 15 is 0 Å². The predicted molar refractivity (Wildman–Crippen MR) is 30.5 cm³/mol. The maximum atomic E-state index is 12.0. The molecule has 0 aliphatic rings. The lowest BCUT2D eigenvalue weighted by molar-refractivity contribution is -0.182. The van der Waals surface area contributed by atoms with E-state index in [0.29, 0.717) is 12.8 Å². The maximum absolute atomic E-state index is 12.0. The first-order chi connectivity index (χ1) is 4.48. The molecule has 62 valence electrons. The highest BCUT2D eigenvalue weighted by Crippen LogP contribution is 2.26. The summed E-state index contributed by atoms with van der Waals surface area (Å²) in [4.78, 5) is 0. The molecular weight excluding hydrogens is 148 g/mol. The van der Waals surface area contributed by atoms with E-state index < -0.39 is 18.8 Å². The minimum absolute atomic E-state index is 0.292. The molecule has 0 aromatic rings. The molecule has 0 saturated carbocycles. The van der Waals surface area contributed by atoms with Gasteiger partial charge >= 0.3 is 6.18 Å². The van der Waals surface area contributed by atoms with Crippen LogP contribution in [0.25, 0.3) is 0 Å². The summed E-state index contributed by atoms with van der Waals surface area (Å²) in [5.74, 6) is 0. The fraction of sp³-hybridized carbons (Fsp3) is 1.00. The maximum Gasteiger partial charge on any atom is 0.419 e. The van der Waals surface area contributed by atoms with Crippen LogP contribution in [0.1, 0.15) is 26.2 Å². The van der Waals surface area contributed by atoms with Crippen molar-refractivity contribution in [3.8, 4) is 0 Å². The van der Waals surface area contributed by atoms with E-state index in [1.807, 2.05) is 0 Å². The Balaban J connectivity index is 3.52. The Hall–Kier alpha value is -0.280. The van der Waals surface area contributed by atoms with E-state index in [2.05, 4.69) is 0 Å². The van der Waals surface area contributed by atoms with Crippen molar-refractivity contribution < 1.29 is 17.6 Å². The molecule has 0 spiro atoms. The lowest BCUT2D eigenvalue weighted by Gasteiger charge is -2.10. The summed E-state index contributed by atoms with van der Waals surface area (Å²) in [6.07, 6.45) is -6.81. The fourth-order valence-electron chi connectivity index (χ4n) is 0.547. The summed E-state index contributed by atoms with van der Waals surface area (Å²) in [6.45, 7) is 1.73. The smallest absolute Gasteiger partial charge is 0.237 e. The van der Waals surface area contributed by atoms with Gasteiger partial charge in [0.05, 0.1) is 0 Å². The fourth-order valence-corrected chi connectivity index (χ4v) is 0.547. The Morgan fingerprint density at radius 3 is 2.10 bits per heavy atom. The van der Waals surface area contributed by atoms with E-state index in [1.165, 1.54) is 0 Å². The Labute approximate surface area is 57.2 Å². The zero-order valence-electron chi connectivity index (χ0n) is 5.71. The molecular formula is C6H10F4. The van der Waals surface area contributed by atoms with Crippen LogP contribution < -0.4 is 0 Å². The molecule has 0 bridgehead atoms. The molecule has 0 aromatic carbocycles. The molecule has 0 amide bonds. The number of alkyl halides is 4. The van der Waals surface area contributed by atoms with Crippen LogP contribution in [0.3, 0.4) is 0 Å². The van der Waals surface area contributed by atoms with Crippen molar-refractivity contribution in [2.45, 2.75) is 38.5 Å². The number of hydrogen-bond donors (Lipinski definition) is 0. The van der Waals surface area contributed by atoms with Crippen molar-refractivity contribution in [2.24, 2.45) is 0 Å². The molecule has 0 aliphatic carbocycles. The van der Waals surface area contributed by atoms with E-state index in [4.69, 9.17) is 0 Å². The third kappa shape index (κ3) is 3.69. The third-order valence-corrected chi connectivity index (χ3v) is 1.17. The monoisotopic (exact) mass is 158 g/mol. The van der Waals surface area contributed by atoms with Gasteiger partial charge in [0.1, 0.15) is 0 Å². The van der Waals surface area contributed by atoms with E-state index in [9.17, 15) is 17.6 Å². The van der Waals surface area contributed by atoms with E-state index in [0.717, 1.165) is 0 Å². The van der Waals surface area contributed by atoms with Gasteiger partial charge < -0.3 is 0 Å². The number of hydrogen-bond acceptors (Lipinski definition) is 0. The van der Waals surface area contributed by atoms with Crippen molar-refractivity contribution in [2.75, 3.05) is 0 Å². The highest BCUT2D eigenvalue weighted by molar-refractivity contribution is 4.64. The second kappa shape index (κ2) is 3.78. The van der Waals surface area contributed by atoms with Gasteiger partial charge in [-0.15, -0.1) is 0 Å². The number of halogens is 4. The van der Waals surface area contributed by atoms with E-state index in [1.54, 1.807) is 6.92 Å². The lowest BCUT2D eigenvalue weighted by atomic mass is 10.2. The van der Waals surface area contributed by atoms with Crippen LogP contribution in [0.4, 0.5) is 17.6 Å². The molecule has 0 aliphatic heterocycles. The molecule has 0 rings (SSSR count). The van der Waals surface area contributed by atoms with Gasteiger partial charge in [0.25, 0.3) is 0 Å². The van der Waals surface area contributed by atoms with Gasteiger partial charge in [0.2, 0.25) is 0 Å². The van der Waals surface area contributed by atoms with E-state index in [-0.39, 0.29) is 0 Å². The van der Waals surface area contributed by atoms with Gasteiger partial charge in [-0.05, 0) is 6.42 Å².